The van der Waals surface area contributed by atoms with Crippen LogP contribution < -0.4 is 15.8 Å². The summed E-state index contributed by atoms with van der Waals surface area (Å²) >= 11 is 0. The van der Waals surface area contributed by atoms with Crippen LogP contribution in [0.25, 0.3) is 11.0 Å². The lowest BCUT2D eigenvalue weighted by Crippen LogP contribution is -2.37. The topological polar surface area (TPSA) is 94.3 Å². The number of amides is 1. The molecule has 9 nitrogen and oxygen atoms in total. The molecule has 0 saturated carbocycles. The van der Waals surface area contributed by atoms with Crippen molar-refractivity contribution >= 4 is 28.3 Å². The van der Waals surface area contributed by atoms with Crippen molar-refractivity contribution in [3.05, 3.63) is 46.6 Å². The first-order chi connectivity index (χ1) is 14.7. The molecule has 0 atom stereocenters. The largest absolute Gasteiger partial charge is 0.416 e. The number of halogens is 3. The van der Waals surface area contributed by atoms with Gasteiger partial charge in [0.15, 0.2) is 5.65 Å². The quantitative estimate of drug-likeness (QED) is 0.668. The zero-order valence-electron chi connectivity index (χ0n) is 16.5. The van der Waals surface area contributed by atoms with E-state index in [1.807, 2.05) is 4.90 Å². The summed E-state index contributed by atoms with van der Waals surface area (Å²) in [4.78, 5) is 31.1. The monoisotopic (exact) mass is 436 g/mol. The molecule has 1 amide bonds. The molecule has 0 unspecified atom stereocenters. The molecule has 1 aromatic carbocycles. The van der Waals surface area contributed by atoms with Crippen LogP contribution >= 0.6 is 0 Å². The number of ether oxygens (including phenoxy) is 1. The number of fused-ring (bicyclic) bond motifs is 1. The fourth-order valence-corrected chi connectivity index (χ4v) is 3.42. The molecule has 0 spiro atoms. The van der Waals surface area contributed by atoms with Gasteiger partial charge in [-0.25, -0.2) is 4.98 Å². The molecule has 3 aromatic rings. The van der Waals surface area contributed by atoms with Gasteiger partial charge < -0.3 is 15.0 Å². The summed E-state index contributed by atoms with van der Waals surface area (Å²) in [6.45, 7) is 1.42. The van der Waals surface area contributed by atoms with E-state index in [9.17, 15) is 22.8 Å². The Kier molecular flexibility index (Phi) is 5.39. The summed E-state index contributed by atoms with van der Waals surface area (Å²) in [6, 6.07) is 3.21. The molecule has 4 rings (SSSR count). The smallest absolute Gasteiger partial charge is 0.378 e. The maximum atomic E-state index is 13.2. The third-order valence-corrected chi connectivity index (χ3v) is 4.98. The van der Waals surface area contributed by atoms with Crippen LogP contribution in [0, 0.1) is 0 Å². The molecular weight excluding hydrogens is 417 g/mol. The van der Waals surface area contributed by atoms with Gasteiger partial charge >= 0.3 is 6.18 Å². The lowest BCUT2D eigenvalue weighted by atomic mass is 10.1. The molecule has 0 aliphatic carbocycles. The zero-order chi connectivity index (χ0) is 22.2. The Balaban J connectivity index is 1.62. The number of carbonyl (C=O) groups is 1. The highest BCUT2D eigenvalue weighted by Gasteiger charge is 2.32. The molecule has 0 radical (unpaired) electrons. The molecule has 31 heavy (non-hydrogen) atoms. The van der Waals surface area contributed by atoms with Gasteiger partial charge in [-0.3, -0.25) is 18.8 Å². The number of carbonyl (C=O) groups excluding carboxylic acids is 1. The van der Waals surface area contributed by atoms with Gasteiger partial charge in [-0.1, -0.05) is 0 Å². The third-order valence-electron chi connectivity index (χ3n) is 4.98. The number of hydrogen-bond donors (Lipinski definition) is 1. The first kappa shape index (κ1) is 20.8. The van der Waals surface area contributed by atoms with Gasteiger partial charge in [-0.05, 0) is 18.2 Å². The van der Waals surface area contributed by atoms with Gasteiger partial charge in [0.1, 0.15) is 18.3 Å². The maximum absolute atomic E-state index is 13.2. The van der Waals surface area contributed by atoms with Crippen molar-refractivity contribution in [2.24, 2.45) is 7.05 Å². The number of morpholine rings is 1. The number of alkyl halides is 3. The Morgan fingerprint density at radius 2 is 2.00 bits per heavy atom. The maximum Gasteiger partial charge on any atom is 0.416 e. The Bertz CT molecular complexity index is 1180. The second-order valence-corrected chi connectivity index (χ2v) is 7.06. The molecule has 1 N–H and O–H groups in total. The van der Waals surface area contributed by atoms with E-state index in [1.165, 1.54) is 23.3 Å². The van der Waals surface area contributed by atoms with Gasteiger partial charge in [0, 0.05) is 20.1 Å². The van der Waals surface area contributed by atoms with Crippen molar-refractivity contribution in [2.45, 2.75) is 12.7 Å². The van der Waals surface area contributed by atoms with Crippen LogP contribution in [0.3, 0.4) is 0 Å². The van der Waals surface area contributed by atoms with Crippen LogP contribution in [0.15, 0.2) is 35.5 Å². The summed E-state index contributed by atoms with van der Waals surface area (Å²) in [5.41, 5.74) is -0.502. The van der Waals surface area contributed by atoms with Crippen molar-refractivity contribution in [3.63, 3.8) is 0 Å². The Morgan fingerprint density at radius 3 is 2.71 bits per heavy atom. The average Bonchev–Trinajstić information content (AvgIpc) is 3.11. The highest BCUT2D eigenvalue weighted by Crippen LogP contribution is 2.35. The third kappa shape index (κ3) is 4.24. The molecule has 164 valence electrons. The number of nitrogens with one attached hydrogen (secondary N) is 1. The van der Waals surface area contributed by atoms with E-state index in [-0.39, 0.29) is 11.1 Å². The van der Waals surface area contributed by atoms with Crippen LogP contribution in [-0.2, 0) is 29.3 Å². The second kappa shape index (κ2) is 8.02. The SMILES string of the molecule is Cn1ncc2c(=O)n(CC(=O)Nc3cc(C(F)(F)F)ccc3N3CCOCC3)cnc21. The summed E-state index contributed by atoms with van der Waals surface area (Å²) in [5, 5.41) is 6.72. The molecule has 3 heterocycles. The number of aryl methyl sites for hydroxylation is 1. The van der Waals surface area contributed by atoms with Gasteiger partial charge in [0.05, 0.1) is 36.3 Å². The van der Waals surface area contributed by atoms with Crippen LogP contribution in [-0.4, -0.2) is 51.5 Å². The summed E-state index contributed by atoms with van der Waals surface area (Å²) < 4.78 is 47.5. The highest BCUT2D eigenvalue weighted by molar-refractivity contribution is 5.94. The number of nitrogens with zero attached hydrogens (tertiary/aromatic N) is 5. The van der Waals surface area contributed by atoms with Crippen LogP contribution in [0.5, 0.6) is 0 Å². The van der Waals surface area contributed by atoms with Crippen molar-refractivity contribution in [1.82, 2.24) is 19.3 Å². The number of benzene rings is 1. The number of aromatic nitrogens is 4. The van der Waals surface area contributed by atoms with Gasteiger partial charge in [-0.15, -0.1) is 0 Å². The zero-order valence-corrected chi connectivity index (χ0v) is 16.5. The van der Waals surface area contributed by atoms with Gasteiger partial charge in [-0.2, -0.15) is 18.3 Å². The summed E-state index contributed by atoms with van der Waals surface area (Å²) in [5.74, 6) is -0.652. The summed E-state index contributed by atoms with van der Waals surface area (Å²) in [7, 11) is 1.63. The van der Waals surface area contributed by atoms with Crippen LogP contribution in [0.2, 0.25) is 0 Å². The predicted molar refractivity (Wildman–Crippen MR) is 106 cm³/mol. The molecule has 1 aliphatic heterocycles. The van der Waals surface area contributed by atoms with Gasteiger partial charge in [0.25, 0.3) is 5.56 Å². The summed E-state index contributed by atoms with van der Waals surface area (Å²) in [6.07, 6.45) is -2.00. The minimum absolute atomic E-state index is 0.0187. The van der Waals surface area contributed by atoms with Crippen LogP contribution in [0.4, 0.5) is 24.5 Å². The normalized spacial score (nSPS) is 14.8. The van der Waals surface area contributed by atoms with E-state index < -0.39 is 29.8 Å². The van der Waals surface area contributed by atoms with E-state index >= 15 is 0 Å². The Labute approximate surface area is 174 Å². The van der Waals surface area contributed by atoms with E-state index in [4.69, 9.17) is 4.74 Å². The second-order valence-electron chi connectivity index (χ2n) is 7.06. The van der Waals surface area contributed by atoms with Crippen molar-refractivity contribution in [3.8, 4) is 0 Å². The Morgan fingerprint density at radius 1 is 1.26 bits per heavy atom. The van der Waals surface area contributed by atoms with Crippen LogP contribution in [0.1, 0.15) is 5.56 Å². The molecule has 12 heteroatoms. The molecule has 0 bridgehead atoms. The molecule has 1 fully saturated rings. The fraction of sp³-hybridized carbons (Fsp3) is 0.368. The fourth-order valence-electron chi connectivity index (χ4n) is 3.42. The van der Waals surface area contributed by atoms with Crippen molar-refractivity contribution < 1.29 is 22.7 Å². The van der Waals surface area contributed by atoms with Crippen molar-refractivity contribution in [2.75, 3.05) is 36.5 Å². The van der Waals surface area contributed by atoms with E-state index in [1.54, 1.807) is 7.05 Å². The first-order valence-electron chi connectivity index (χ1n) is 9.45. The van der Waals surface area contributed by atoms with E-state index in [2.05, 4.69) is 15.4 Å². The highest BCUT2D eigenvalue weighted by atomic mass is 19.4. The van der Waals surface area contributed by atoms with E-state index in [0.717, 1.165) is 16.7 Å². The minimum Gasteiger partial charge on any atom is -0.378 e. The first-order valence-corrected chi connectivity index (χ1v) is 9.45. The number of anilines is 2. The van der Waals surface area contributed by atoms with Gasteiger partial charge in [0.2, 0.25) is 5.91 Å². The minimum atomic E-state index is -4.56. The molecular formula is C19H19F3N6O3. The lowest BCUT2D eigenvalue weighted by molar-refractivity contribution is -0.137. The number of hydrogen-bond acceptors (Lipinski definition) is 6. The average molecular weight is 436 g/mol. The number of rotatable bonds is 4. The molecule has 1 saturated heterocycles. The lowest BCUT2D eigenvalue weighted by Gasteiger charge is -2.31. The van der Waals surface area contributed by atoms with E-state index in [0.29, 0.717) is 37.6 Å². The molecule has 1 aliphatic rings. The van der Waals surface area contributed by atoms with Crippen molar-refractivity contribution in [1.29, 1.82) is 0 Å². The predicted octanol–water partition coefficient (Wildman–Crippen LogP) is 1.62. The Hall–Kier alpha value is -3.41. The standard InChI is InChI=1S/C19H19F3N6O3/c1-26-17-13(9-24-26)18(30)28(11-23-17)10-16(29)25-14-8-12(19(20,21)22)2-3-15(14)27-4-6-31-7-5-27/h2-3,8-9,11H,4-7,10H2,1H3,(H,25,29). The molecule has 2 aromatic heterocycles.